The van der Waals surface area contributed by atoms with E-state index in [2.05, 4.69) is 0 Å². The third-order valence-electron chi connectivity index (χ3n) is 2.18. The van der Waals surface area contributed by atoms with Crippen molar-refractivity contribution >= 4 is 5.78 Å². The number of carbonyl (C=O) groups excluding carboxylic acids is 1. The van der Waals surface area contributed by atoms with Crippen molar-refractivity contribution in [3.63, 3.8) is 0 Å². The fourth-order valence-corrected chi connectivity index (χ4v) is 1.40. The summed E-state index contributed by atoms with van der Waals surface area (Å²) in [6.07, 6.45) is 4.18. The number of ether oxygens (including phenoxy) is 2. The molecule has 0 radical (unpaired) electrons. The Morgan fingerprint density at radius 2 is 1.81 bits per heavy atom. The second-order valence-corrected chi connectivity index (χ2v) is 3.21. The molecule has 0 amide bonds. The predicted molar refractivity (Wildman–Crippen MR) is 63.3 cm³/mol. The minimum atomic E-state index is -0.101. The smallest absolute Gasteiger partial charge is 0.193 e. The first kappa shape index (κ1) is 12.3. The topological polar surface area (TPSA) is 35.5 Å². The minimum Gasteiger partial charge on any atom is -0.496 e. The van der Waals surface area contributed by atoms with Crippen LogP contribution in [-0.4, -0.2) is 20.0 Å². The minimum absolute atomic E-state index is 0.101. The average Bonchev–Trinajstić information content (AvgIpc) is 2.34. The second-order valence-electron chi connectivity index (χ2n) is 3.21. The number of benzene rings is 1. The maximum Gasteiger partial charge on any atom is 0.193 e. The van der Waals surface area contributed by atoms with Gasteiger partial charge < -0.3 is 9.47 Å². The lowest BCUT2D eigenvalue weighted by Crippen LogP contribution is -2.02. The summed E-state index contributed by atoms with van der Waals surface area (Å²) in [6.45, 7) is 1.98. The first-order valence-electron chi connectivity index (χ1n) is 5.16. The van der Waals surface area contributed by atoms with Crippen LogP contribution in [0.3, 0.4) is 0 Å². The van der Waals surface area contributed by atoms with Crippen LogP contribution in [0.1, 0.15) is 23.7 Å². The zero-order valence-electron chi connectivity index (χ0n) is 9.82. The van der Waals surface area contributed by atoms with Gasteiger partial charge >= 0.3 is 0 Å². The molecular weight excluding hydrogens is 204 g/mol. The molecule has 0 atom stereocenters. The Balaban J connectivity index is 3.17. The molecule has 0 heterocycles. The van der Waals surface area contributed by atoms with Crippen molar-refractivity contribution < 1.29 is 14.3 Å². The Morgan fingerprint density at radius 1 is 1.25 bits per heavy atom. The zero-order valence-corrected chi connectivity index (χ0v) is 9.82. The van der Waals surface area contributed by atoms with Crippen LogP contribution in [0.25, 0.3) is 0 Å². The van der Waals surface area contributed by atoms with Crippen LogP contribution in [0.4, 0.5) is 0 Å². The number of carbonyl (C=O) groups is 1. The highest BCUT2D eigenvalue weighted by Crippen LogP contribution is 2.28. The van der Waals surface area contributed by atoms with E-state index in [9.17, 15) is 4.79 Å². The molecule has 0 aliphatic heterocycles. The molecule has 1 aromatic rings. The Kier molecular flexibility index (Phi) is 4.58. The van der Waals surface area contributed by atoms with E-state index in [0.717, 1.165) is 6.42 Å². The van der Waals surface area contributed by atoms with E-state index in [1.54, 1.807) is 24.3 Å². The highest BCUT2D eigenvalue weighted by Gasteiger charge is 2.15. The molecule has 0 fully saturated rings. The van der Waals surface area contributed by atoms with Crippen LogP contribution in [0, 0.1) is 0 Å². The zero-order chi connectivity index (χ0) is 12.0. The third-order valence-corrected chi connectivity index (χ3v) is 2.18. The molecule has 0 saturated carbocycles. The molecule has 0 aromatic heterocycles. The van der Waals surface area contributed by atoms with Gasteiger partial charge in [0.25, 0.3) is 0 Å². The first-order chi connectivity index (χ1) is 7.74. The molecule has 0 aliphatic carbocycles. The van der Waals surface area contributed by atoms with E-state index in [1.807, 2.05) is 13.0 Å². The molecule has 0 N–H and O–H groups in total. The number of ketones is 1. The summed E-state index contributed by atoms with van der Waals surface area (Å²) < 4.78 is 10.3. The van der Waals surface area contributed by atoms with Crippen LogP contribution >= 0.6 is 0 Å². The average molecular weight is 220 g/mol. The molecule has 3 heteroatoms. The summed E-state index contributed by atoms with van der Waals surface area (Å²) in [7, 11) is 3.07. The molecule has 3 nitrogen and oxygen atoms in total. The first-order valence-corrected chi connectivity index (χ1v) is 5.16. The van der Waals surface area contributed by atoms with Crippen LogP contribution in [-0.2, 0) is 0 Å². The molecule has 0 aliphatic rings. The highest BCUT2D eigenvalue weighted by molar-refractivity contribution is 6.08. The van der Waals surface area contributed by atoms with Gasteiger partial charge in [-0.2, -0.15) is 0 Å². The Labute approximate surface area is 95.7 Å². The molecule has 0 unspecified atom stereocenters. The third kappa shape index (κ3) is 2.63. The second kappa shape index (κ2) is 5.95. The SMILES string of the molecule is CC/C=C/C(=O)c1c(OC)cccc1OC. The highest BCUT2D eigenvalue weighted by atomic mass is 16.5. The summed E-state index contributed by atoms with van der Waals surface area (Å²) in [5, 5.41) is 0. The van der Waals surface area contributed by atoms with Crippen molar-refractivity contribution in [3.8, 4) is 11.5 Å². The fraction of sp³-hybridized carbons (Fsp3) is 0.308. The van der Waals surface area contributed by atoms with Crippen LogP contribution in [0.5, 0.6) is 11.5 Å². The lowest BCUT2D eigenvalue weighted by Gasteiger charge is -2.10. The van der Waals surface area contributed by atoms with Crippen molar-refractivity contribution in [3.05, 3.63) is 35.9 Å². The number of hydrogen-bond acceptors (Lipinski definition) is 3. The number of rotatable bonds is 5. The number of hydrogen-bond donors (Lipinski definition) is 0. The molecule has 1 aromatic carbocycles. The van der Waals surface area contributed by atoms with E-state index < -0.39 is 0 Å². The van der Waals surface area contributed by atoms with Gasteiger partial charge in [-0.3, -0.25) is 4.79 Å². The van der Waals surface area contributed by atoms with Gasteiger partial charge in [-0.25, -0.2) is 0 Å². The molecule has 0 saturated heterocycles. The van der Waals surface area contributed by atoms with Gasteiger partial charge in [0.05, 0.1) is 14.2 Å². The summed E-state index contributed by atoms with van der Waals surface area (Å²) in [5.41, 5.74) is 0.470. The van der Waals surface area contributed by atoms with Crippen LogP contribution in [0.15, 0.2) is 30.4 Å². The normalized spacial score (nSPS) is 10.4. The van der Waals surface area contributed by atoms with E-state index in [0.29, 0.717) is 17.1 Å². The van der Waals surface area contributed by atoms with Crippen molar-refractivity contribution in [1.29, 1.82) is 0 Å². The van der Waals surface area contributed by atoms with Crippen molar-refractivity contribution in [2.45, 2.75) is 13.3 Å². The Morgan fingerprint density at radius 3 is 2.25 bits per heavy atom. The maximum atomic E-state index is 11.9. The molecular formula is C13H16O3. The Hall–Kier alpha value is -1.77. The van der Waals surface area contributed by atoms with Gasteiger partial charge in [0.2, 0.25) is 0 Å². The monoisotopic (exact) mass is 220 g/mol. The van der Waals surface area contributed by atoms with Crippen molar-refractivity contribution in [1.82, 2.24) is 0 Å². The standard InChI is InChI=1S/C13H16O3/c1-4-5-7-10(14)13-11(15-2)8-6-9-12(13)16-3/h5-9H,4H2,1-3H3/b7-5+. The molecule has 0 spiro atoms. The van der Waals surface area contributed by atoms with Gasteiger partial charge in [-0.1, -0.05) is 19.1 Å². The van der Waals surface area contributed by atoms with Crippen LogP contribution < -0.4 is 9.47 Å². The van der Waals surface area contributed by atoms with Gasteiger partial charge in [0, 0.05) is 0 Å². The van der Waals surface area contributed by atoms with E-state index in [-0.39, 0.29) is 5.78 Å². The lowest BCUT2D eigenvalue weighted by atomic mass is 10.1. The van der Waals surface area contributed by atoms with E-state index in [4.69, 9.17) is 9.47 Å². The quantitative estimate of drug-likeness (QED) is 0.565. The fourth-order valence-electron chi connectivity index (χ4n) is 1.40. The van der Waals surface area contributed by atoms with E-state index in [1.165, 1.54) is 14.2 Å². The summed E-state index contributed by atoms with van der Waals surface area (Å²) >= 11 is 0. The van der Waals surface area contributed by atoms with E-state index >= 15 is 0 Å². The molecule has 86 valence electrons. The summed E-state index contributed by atoms with van der Waals surface area (Å²) in [6, 6.07) is 5.28. The van der Waals surface area contributed by atoms with Crippen LogP contribution in [0.2, 0.25) is 0 Å². The number of allylic oxidation sites excluding steroid dienone is 2. The van der Waals surface area contributed by atoms with Crippen molar-refractivity contribution in [2.24, 2.45) is 0 Å². The predicted octanol–water partition coefficient (Wildman–Crippen LogP) is 2.85. The summed E-state index contributed by atoms with van der Waals surface area (Å²) in [4.78, 5) is 11.9. The van der Waals surface area contributed by atoms with Crippen molar-refractivity contribution in [2.75, 3.05) is 14.2 Å². The number of methoxy groups -OCH3 is 2. The molecule has 16 heavy (non-hydrogen) atoms. The lowest BCUT2D eigenvalue weighted by molar-refractivity contribution is 0.104. The van der Waals surface area contributed by atoms with Gasteiger partial charge in [-0.05, 0) is 24.6 Å². The van der Waals surface area contributed by atoms with Gasteiger partial charge in [0.1, 0.15) is 17.1 Å². The van der Waals surface area contributed by atoms with Gasteiger partial charge in [0.15, 0.2) is 5.78 Å². The largest absolute Gasteiger partial charge is 0.496 e. The van der Waals surface area contributed by atoms with Gasteiger partial charge in [-0.15, -0.1) is 0 Å². The molecule has 1 rings (SSSR count). The molecule has 0 bridgehead atoms. The summed E-state index contributed by atoms with van der Waals surface area (Å²) in [5.74, 6) is 0.964. The maximum absolute atomic E-state index is 11.9. The Bertz CT molecular complexity index is 372.